The van der Waals surface area contributed by atoms with Crippen molar-refractivity contribution in [1.82, 2.24) is 5.43 Å². The molecule has 0 radical (unpaired) electrons. The van der Waals surface area contributed by atoms with Crippen molar-refractivity contribution in [1.29, 1.82) is 0 Å². The van der Waals surface area contributed by atoms with E-state index in [1.54, 1.807) is 14.2 Å². The lowest BCUT2D eigenvalue weighted by Crippen LogP contribution is -2.42. The molecule has 208 valence electrons. The monoisotopic (exact) mass is 548 g/mol. The number of ether oxygens (including phenoxy) is 2. The third-order valence-electron chi connectivity index (χ3n) is 8.24. The minimum atomic E-state index is -0.0893. The average Bonchev–Trinajstić information content (AvgIpc) is 2.96. The van der Waals surface area contributed by atoms with Crippen molar-refractivity contribution >= 4 is 34.2 Å². The van der Waals surface area contributed by atoms with Crippen LogP contribution >= 0.6 is 11.8 Å². The summed E-state index contributed by atoms with van der Waals surface area (Å²) >= 11 is 1.32. The predicted molar refractivity (Wildman–Crippen MR) is 161 cm³/mol. The number of thioether (sulfide) groups is 1. The van der Waals surface area contributed by atoms with Gasteiger partial charge in [0.2, 0.25) is 0 Å². The third kappa shape index (κ3) is 5.67. The molecule has 2 heterocycles. The van der Waals surface area contributed by atoms with Crippen LogP contribution in [0.3, 0.4) is 0 Å². The standard InChI is InChI=1S/C31H40N4O3S/c1-6-27-28(33-34-30(36)39-27)20-12-14-24-23(18-20)31(2,3)16-17-35(24)29(32-22-10-8-7-9-11-22)21-13-15-25(37-4)26(19-21)38-5/h12-15,18-19,22,27H,6-11,16-17H2,1-5H3,(H,34,36)/b32-29-. The molecule has 0 spiro atoms. The van der Waals surface area contributed by atoms with Gasteiger partial charge in [-0.15, -0.1) is 0 Å². The molecular formula is C31H40N4O3S. The first kappa shape index (κ1) is 27.6. The summed E-state index contributed by atoms with van der Waals surface area (Å²) in [6.07, 6.45) is 7.86. The first-order chi connectivity index (χ1) is 18.8. The zero-order chi connectivity index (χ0) is 27.6. The molecule has 1 aliphatic carbocycles. The largest absolute Gasteiger partial charge is 0.493 e. The van der Waals surface area contributed by atoms with Gasteiger partial charge in [0.25, 0.3) is 5.24 Å². The van der Waals surface area contributed by atoms with Gasteiger partial charge in [-0.3, -0.25) is 9.79 Å². The molecule has 0 saturated heterocycles. The van der Waals surface area contributed by atoms with Crippen LogP contribution in [0.2, 0.25) is 0 Å². The van der Waals surface area contributed by atoms with E-state index in [2.05, 4.69) is 66.5 Å². The lowest BCUT2D eigenvalue weighted by Gasteiger charge is -2.41. The van der Waals surface area contributed by atoms with Gasteiger partial charge in [-0.05, 0) is 72.6 Å². The molecule has 7 nitrogen and oxygen atoms in total. The van der Waals surface area contributed by atoms with Gasteiger partial charge in [-0.1, -0.05) is 57.9 Å². The molecule has 0 aromatic heterocycles. The van der Waals surface area contributed by atoms with E-state index in [9.17, 15) is 4.79 Å². The smallest absolute Gasteiger partial charge is 0.299 e. The van der Waals surface area contributed by atoms with Crippen LogP contribution in [0, 0.1) is 0 Å². The highest BCUT2D eigenvalue weighted by Gasteiger charge is 2.35. The van der Waals surface area contributed by atoms with Crippen LogP contribution < -0.4 is 19.8 Å². The van der Waals surface area contributed by atoms with Crippen molar-refractivity contribution in [3.63, 3.8) is 0 Å². The Bertz CT molecular complexity index is 1280. The zero-order valence-corrected chi connectivity index (χ0v) is 24.6. The Hall–Kier alpha value is -3.00. The number of hydrogen-bond acceptors (Lipinski definition) is 6. The summed E-state index contributed by atoms with van der Waals surface area (Å²) in [6, 6.07) is 13.1. The van der Waals surface area contributed by atoms with Crippen LogP contribution in [0.25, 0.3) is 0 Å². The van der Waals surface area contributed by atoms with Crippen molar-refractivity contribution in [2.24, 2.45) is 10.1 Å². The van der Waals surface area contributed by atoms with E-state index < -0.39 is 0 Å². The zero-order valence-electron chi connectivity index (χ0n) is 23.8. The molecule has 8 heteroatoms. The fourth-order valence-electron chi connectivity index (χ4n) is 5.91. The highest BCUT2D eigenvalue weighted by molar-refractivity contribution is 8.14. The Morgan fingerprint density at radius 3 is 2.59 bits per heavy atom. The molecule has 1 fully saturated rings. The molecule has 3 aliphatic rings. The number of carbonyl (C=O) groups is 1. The number of nitrogens with zero attached hydrogens (tertiary/aromatic N) is 3. The van der Waals surface area contributed by atoms with Crippen molar-refractivity contribution in [2.75, 3.05) is 25.7 Å². The second kappa shape index (κ2) is 11.6. The number of hydrogen-bond donors (Lipinski definition) is 1. The second-order valence-electron chi connectivity index (χ2n) is 11.2. The summed E-state index contributed by atoms with van der Waals surface area (Å²) in [6.45, 7) is 7.62. The molecule has 1 amide bonds. The highest BCUT2D eigenvalue weighted by Crippen LogP contribution is 2.42. The number of amidine groups is 1. The van der Waals surface area contributed by atoms with Crippen LogP contribution in [0.15, 0.2) is 46.5 Å². The lowest BCUT2D eigenvalue weighted by atomic mass is 9.76. The Balaban J connectivity index is 1.60. The first-order valence-electron chi connectivity index (χ1n) is 14.1. The van der Waals surface area contributed by atoms with Gasteiger partial charge in [0.05, 0.1) is 31.2 Å². The molecule has 0 bridgehead atoms. The van der Waals surface area contributed by atoms with Crippen molar-refractivity contribution in [2.45, 2.75) is 82.4 Å². The van der Waals surface area contributed by atoms with Gasteiger partial charge < -0.3 is 14.4 Å². The van der Waals surface area contributed by atoms with Gasteiger partial charge in [0.1, 0.15) is 5.84 Å². The number of methoxy groups -OCH3 is 2. The third-order valence-corrected chi connectivity index (χ3v) is 9.39. The lowest BCUT2D eigenvalue weighted by molar-refractivity contribution is 0.260. The normalized spacial score (nSPS) is 21.6. The number of carbonyl (C=O) groups excluding carboxylic acids is 1. The molecule has 1 N–H and O–H groups in total. The van der Waals surface area contributed by atoms with Crippen LogP contribution in [0.5, 0.6) is 11.5 Å². The summed E-state index contributed by atoms with van der Waals surface area (Å²) < 4.78 is 11.2. The number of rotatable bonds is 6. The number of anilines is 1. The summed E-state index contributed by atoms with van der Waals surface area (Å²) in [5.74, 6) is 2.42. The molecular weight excluding hydrogens is 508 g/mol. The minimum absolute atomic E-state index is 0.0112. The highest BCUT2D eigenvalue weighted by atomic mass is 32.2. The van der Waals surface area contributed by atoms with Gasteiger partial charge in [-0.25, -0.2) is 5.43 Å². The fourth-order valence-corrected chi connectivity index (χ4v) is 6.74. The Morgan fingerprint density at radius 1 is 1.10 bits per heavy atom. The maximum Gasteiger partial charge on any atom is 0.299 e. The van der Waals surface area contributed by atoms with Gasteiger partial charge in [0, 0.05) is 17.8 Å². The maximum atomic E-state index is 12.0. The summed E-state index contributed by atoms with van der Waals surface area (Å²) in [4.78, 5) is 19.8. The molecule has 1 unspecified atom stereocenters. The minimum Gasteiger partial charge on any atom is -0.493 e. The number of nitrogens with one attached hydrogen (secondary N) is 1. The number of benzene rings is 2. The fraction of sp³-hybridized carbons (Fsp3) is 0.516. The molecule has 2 aromatic carbocycles. The van der Waals surface area contributed by atoms with E-state index in [-0.39, 0.29) is 15.9 Å². The quantitative estimate of drug-likeness (QED) is 0.314. The van der Waals surface area contributed by atoms with E-state index in [1.807, 2.05) is 6.07 Å². The Labute approximate surface area is 236 Å². The van der Waals surface area contributed by atoms with Gasteiger partial charge >= 0.3 is 0 Å². The topological polar surface area (TPSA) is 75.5 Å². The molecule has 2 aliphatic heterocycles. The number of fused-ring (bicyclic) bond motifs is 1. The Morgan fingerprint density at radius 2 is 1.87 bits per heavy atom. The average molecular weight is 549 g/mol. The summed E-state index contributed by atoms with van der Waals surface area (Å²) in [7, 11) is 3.34. The second-order valence-corrected chi connectivity index (χ2v) is 12.4. The molecule has 2 aromatic rings. The molecule has 1 saturated carbocycles. The van der Waals surface area contributed by atoms with Crippen LogP contribution in [0.4, 0.5) is 10.5 Å². The van der Waals surface area contributed by atoms with Gasteiger partial charge in [0.15, 0.2) is 11.5 Å². The molecule has 39 heavy (non-hydrogen) atoms. The van der Waals surface area contributed by atoms with E-state index in [4.69, 9.17) is 14.5 Å². The number of aliphatic imine (C=N–C) groups is 1. The van der Waals surface area contributed by atoms with E-state index in [1.165, 1.54) is 42.3 Å². The van der Waals surface area contributed by atoms with E-state index in [0.29, 0.717) is 17.5 Å². The van der Waals surface area contributed by atoms with Crippen LogP contribution in [-0.4, -0.2) is 48.8 Å². The van der Waals surface area contributed by atoms with Gasteiger partial charge in [-0.2, -0.15) is 5.10 Å². The molecule has 1 atom stereocenters. The Kier molecular flexibility index (Phi) is 8.21. The predicted octanol–water partition coefficient (Wildman–Crippen LogP) is 6.91. The van der Waals surface area contributed by atoms with Crippen molar-refractivity contribution < 1.29 is 14.3 Å². The van der Waals surface area contributed by atoms with E-state index in [0.717, 1.165) is 54.9 Å². The first-order valence-corrected chi connectivity index (χ1v) is 15.0. The van der Waals surface area contributed by atoms with Crippen LogP contribution in [0.1, 0.15) is 82.4 Å². The number of amides is 1. The van der Waals surface area contributed by atoms with Crippen molar-refractivity contribution in [3.8, 4) is 11.5 Å². The number of hydrazone groups is 1. The SMILES string of the molecule is CCC1SC(=O)NN=C1c1ccc2c(c1)C(C)(C)CCN2/C(=N\C1CCCCC1)c1ccc(OC)c(OC)c1. The van der Waals surface area contributed by atoms with Crippen LogP contribution in [-0.2, 0) is 5.41 Å². The summed E-state index contributed by atoms with van der Waals surface area (Å²) in [5, 5.41) is 4.44. The van der Waals surface area contributed by atoms with E-state index >= 15 is 0 Å². The maximum absolute atomic E-state index is 12.0. The molecule has 5 rings (SSSR count). The summed E-state index contributed by atoms with van der Waals surface area (Å²) in [5.41, 5.74) is 8.16. The van der Waals surface area contributed by atoms with Crippen molar-refractivity contribution in [3.05, 3.63) is 53.1 Å².